The van der Waals surface area contributed by atoms with Crippen LogP contribution in [0.2, 0.25) is 5.02 Å². The van der Waals surface area contributed by atoms with E-state index in [2.05, 4.69) is 0 Å². The van der Waals surface area contributed by atoms with Crippen molar-refractivity contribution in [3.05, 3.63) is 34.6 Å². The molecule has 1 aromatic rings. The molecule has 0 radical (unpaired) electrons. The maximum absolute atomic E-state index is 12.8. The normalized spacial score (nSPS) is 18.2. The van der Waals surface area contributed by atoms with Crippen LogP contribution in [0.25, 0.3) is 0 Å². The van der Waals surface area contributed by atoms with Crippen molar-refractivity contribution in [3.63, 3.8) is 0 Å². The molecular weight excluding hydrogens is 201 g/mol. The van der Waals surface area contributed by atoms with Crippen LogP contribution in [0.1, 0.15) is 18.4 Å². The standard InChI is InChI=1S/C11H13ClFN/c12-10-5-9(13)2-1-8(10)6-11(7-14)3-4-11/h1-2,5H,3-4,6-7,14H2. The van der Waals surface area contributed by atoms with Crippen molar-refractivity contribution in [2.75, 3.05) is 6.54 Å². The van der Waals surface area contributed by atoms with Gasteiger partial charge in [-0.15, -0.1) is 0 Å². The van der Waals surface area contributed by atoms with Gasteiger partial charge in [0.2, 0.25) is 0 Å². The maximum atomic E-state index is 12.8. The van der Waals surface area contributed by atoms with Crippen molar-refractivity contribution < 1.29 is 4.39 Å². The van der Waals surface area contributed by atoms with E-state index in [1.807, 2.05) is 0 Å². The Labute approximate surface area is 88.1 Å². The summed E-state index contributed by atoms with van der Waals surface area (Å²) >= 11 is 5.94. The molecule has 1 saturated carbocycles. The van der Waals surface area contributed by atoms with E-state index in [1.165, 1.54) is 12.1 Å². The minimum Gasteiger partial charge on any atom is -0.330 e. The zero-order chi connectivity index (χ0) is 10.2. The summed E-state index contributed by atoms with van der Waals surface area (Å²) in [5, 5.41) is 0.518. The number of hydrogen-bond donors (Lipinski definition) is 1. The highest BCUT2D eigenvalue weighted by Crippen LogP contribution is 2.48. The molecule has 1 aliphatic carbocycles. The van der Waals surface area contributed by atoms with Gasteiger partial charge in [0, 0.05) is 5.02 Å². The Bertz CT molecular complexity index is 347. The van der Waals surface area contributed by atoms with Gasteiger partial charge in [-0.05, 0) is 48.9 Å². The molecule has 1 fully saturated rings. The van der Waals surface area contributed by atoms with Crippen LogP contribution in [0, 0.1) is 11.2 Å². The summed E-state index contributed by atoms with van der Waals surface area (Å²) < 4.78 is 12.8. The predicted octanol–water partition coefficient (Wildman–Crippen LogP) is 2.76. The van der Waals surface area contributed by atoms with E-state index < -0.39 is 0 Å². The Balaban J connectivity index is 2.17. The third-order valence-electron chi connectivity index (χ3n) is 2.97. The fourth-order valence-corrected chi connectivity index (χ4v) is 1.93. The zero-order valence-electron chi connectivity index (χ0n) is 7.89. The maximum Gasteiger partial charge on any atom is 0.124 e. The number of benzene rings is 1. The van der Waals surface area contributed by atoms with Gasteiger partial charge in [0.25, 0.3) is 0 Å². The second kappa shape index (κ2) is 3.52. The second-order valence-corrected chi connectivity index (χ2v) is 4.52. The van der Waals surface area contributed by atoms with E-state index in [0.29, 0.717) is 11.6 Å². The Hall–Kier alpha value is -0.600. The average Bonchev–Trinajstić information content (AvgIpc) is 2.91. The Kier molecular flexibility index (Phi) is 2.50. The van der Waals surface area contributed by atoms with Gasteiger partial charge in [-0.1, -0.05) is 17.7 Å². The van der Waals surface area contributed by atoms with Crippen molar-refractivity contribution in [1.29, 1.82) is 0 Å². The molecule has 0 bridgehead atoms. The van der Waals surface area contributed by atoms with E-state index in [9.17, 15) is 4.39 Å². The van der Waals surface area contributed by atoms with Gasteiger partial charge in [-0.25, -0.2) is 4.39 Å². The van der Waals surface area contributed by atoms with Crippen LogP contribution in [0.3, 0.4) is 0 Å². The Morgan fingerprint density at radius 3 is 2.64 bits per heavy atom. The molecule has 0 saturated heterocycles. The fourth-order valence-electron chi connectivity index (χ4n) is 1.70. The Morgan fingerprint density at radius 1 is 1.43 bits per heavy atom. The lowest BCUT2D eigenvalue weighted by molar-refractivity contribution is 0.520. The topological polar surface area (TPSA) is 26.0 Å². The van der Waals surface area contributed by atoms with Crippen molar-refractivity contribution in [1.82, 2.24) is 0 Å². The quantitative estimate of drug-likeness (QED) is 0.821. The molecule has 2 N–H and O–H groups in total. The molecule has 1 nitrogen and oxygen atoms in total. The van der Waals surface area contributed by atoms with E-state index >= 15 is 0 Å². The first kappa shape index (κ1) is 9.94. The molecule has 0 atom stereocenters. The van der Waals surface area contributed by atoms with Crippen LogP contribution >= 0.6 is 11.6 Å². The predicted molar refractivity (Wildman–Crippen MR) is 55.8 cm³/mol. The van der Waals surface area contributed by atoms with E-state index in [-0.39, 0.29) is 11.2 Å². The van der Waals surface area contributed by atoms with Gasteiger partial charge in [-0.3, -0.25) is 0 Å². The molecule has 2 rings (SSSR count). The zero-order valence-corrected chi connectivity index (χ0v) is 8.65. The van der Waals surface area contributed by atoms with Crippen molar-refractivity contribution in [3.8, 4) is 0 Å². The molecule has 14 heavy (non-hydrogen) atoms. The monoisotopic (exact) mass is 213 g/mol. The first-order valence-electron chi connectivity index (χ1n) is 4.79. The van der Waals surface area contributed by atoms with Gasteiger partial charge in [0.05, 0.1) is 0 Å². The van der Waals surface area contributed by atoms with Crippen LogP contribution < -0.4 is 5.73 Å². The minimum absolute atomic E-state index is 0.251. The summed E-state index contributed by atoms with van der Waals surface area (Å²) in [4.78, 5) is 0. The highest BCUT2D eigenvalue weighted by atomic mass is 35.5. The number of rotatable bonds is 3. The van der Waals surface area contributed by atoms with Gasteiger partial charge < -0.3 is 5.73 Å². The summed E-state index contributed by atoms with van der Waals surface area (Å²) in [5.74, 6) is -0.281. The van der Waals surface area contributed by atoms with E-state index in [4.69, 9.17) is 17.3 Å². The van der Waals surface area contributed by atoms with Crippen molar-refractivity contribution in [2.45, 2.75) is 19.3 Å². The average molecular weight is 214 g/mol. The Morgan fingerprint density at radius 2 is 2.14 bits per heavy atom. The molecule has 0 spiro atoms. The third-order valence-corrected chi connectivity index (χ3v) is 3.32. The van der Waals surface area contributed by atoms with Gasteiger partial charge in [0.1, 0.15) is 5.82 Å². The van der Waals surface area contributed by atoms with Gasteiger partial charge >= 0.3 is 0 Å². The summed E-state index contributed by atoms with van der Waals surface area (Å²) in [5.41, 5.74) is 6.94. The lowest BCUT2D eigenvalue weighted by Crippen LogP contribution is -2.18. The molecule has 0 aromatic heterocycles. The molecule has 76 valence electrons. The second-order valence-electron chi connectivity index (χ2n) is 4.12. The molecule has 1 aliphatic rings. The van der Waals surface area contributed by atoms with Gasteiger partial charge in [0.15, 0.2) is 0 Å². The SMILES string of the molecule is NCC1(Cc2ccc(F)cc2Cl)CC1. The smallest absolute Gasteiger partial charge is 0.124 e. The van der Waals surface area contributed by atoms with Crippen LogP contribution in [-0.2, 0) is 6.42 Å². The summed E-state index contributed by atoms with van der Waals surface area (Å²) in [7, 11) is 0. The highest BCUT2D eigenvalue weighted by Gasteiger charge is 2.41. The number of halogens is 2. The molecule has 3 heteroatoms. The van der Waals surface area contributed by atoms with Gasteiger partial charge in [-0.2, -0.15) is 0 Å². The largest absolute Gasteiger partial charge is 0.330 e. The van der Waals surface area contributed by atoms with Crippen molar-refractivity contribution >= 4 is 11.6 Å². The molecular formula is C11H13ClFN. The lowest BCUT2D eigenvalue weighted by Gasteiger charge is -2.13. The molecule has 0 heterocycles. The van der Waals surface area contributed by atoms with E-state index in [0.717, 1.165) is 24.8 Å². The third kappa shape index (κ3) is 1.91. The summed E-state index contributed by atoms with van der Waals surface area (Å²) in [6.45, 7) is 0.695. The number of nitrogens with two attached hydrogens (primary N) is 1. The highest BCUT2D eigenvalue weighted by molar-refractivity contribution is 6.31. The van der Waals surface area contributed by atoms with E-state index in [1.54, 1.807) is 6.07 Å². The lowest BCUT2D eigenvalue weighted by atomic mass is 9.97. The molecule has 0 aliphatic heterocycles. The molecule has 0 unspecified atom stereocenters. The van der Waals surface area contributed by atoms with Crippen LogP contribution in [0.4, 0.5) is 4.39 Å². The first-order chi connectivity index (χ1) is 6.65. The van der Waals surface area contributed by atoms with Crippen LogP contribution in [0.15, 0.2) is 18.2 Å². The molecule has 0 amide bonds. The fraction of sp³-hybridized carbons (Fsp3) is 0.455. The van der Waals surface area contributed by atoms with Crippen LogP contribution in [-0.4, -0.2) is 6.54 Å². The summed E-state index contributed by atoms with van der Waals surface area (Å²) in [6.07, 6.45) is 3.21. The van der Waals surface area contributed by atoms with Crippen LogP contribution in [0.5, 0.6) is 0 Å². The molecule has 1 aromatic carbocycles. The minimum atomic E-state index is -0.281. The summed E-state index contributed by atoms with van der Waals surface area (Å²) in [6, 6.07) is 4.57. The number of hydrogen-bond acceptors (Lipinski definition) is 1. The van der Waals surface area contributed by atoms with Crippen molar-refractivity contribution in [2.24, 2.45) is 11.1 Å². The first-order valence-corrected chi connectivity index (χ1v) is 5.17.